The summed E-state index contributed by atoms with van der Waals surface area (Å²) >= 11 is 0. The molecule has 12 nitrogen and oxygen atoms in total. The molecule has 0 saturated heterocycles. The van der Waals surface area contributed by atoms with Gasteiger partial charge in [-0.05, 0) is 52.3 Å². The fourth-order valence-electron chi connectivity index (χ4n) is 2.84. The van der Waals surface area contributed by atoms with Crippen LogP contribution >= 0.6 is 0 Å². The van der Waals surface area contributed by atoms with Gasteiger partial charge in [0.2, 0.25) is 0 Å². The molecule has 3 N–H and O–H groups in total. The van der Waals surface area contributed by atoms with Crippen LogP contribution in [0.15, 0.2) is 18.2 Å². The van der Waals surface area contributed by atoms with Gasteiger partial charge in [0.25, 0.3) is 0 Å². The maximum atomic E-state index is 12.0. The van der Waals surface area contributed by atoms with Crippen molar-refractivity contribution in [2.24, 2.45) is 5.73 Å². The maximum Gasteiger partial charge on any atom is 0.513 e. The second-order valence-electron chi connectivity index (χ2n) is 7.54. The molecule has 0 aliphatic rings. The number of hydrogen-bond acceptors (Lipinski definition) is 11. The van der Waals surface area contributed by atoms with E-state index in [0.29, 0.717) is 5.56 Å². The van der Waals surface area contributed by atoms with Crippen LogP contribution in [0.3, 0.4) is 0 Å². The van der Waals surface area contributed by atoms with E-state index in [-0.39, 0.29) is 37.6 Å². The van der Waals surface area contributed by atoms with Crippen LogP contribution in [0.1, 0.15) is 46.6 Å². The molecule has 1 aromatic carbocycles. The van der Waals surface area contributed by atoms with Crippen molar-refractivity contribution in [3.63, 3.8) is 0 Å². The van der Waals surface area contributed by atoms with Crippen molar-refractivity contribution < 1.29 is 52.7 Å². The highest BCUT2D eigenvalue weighted by Crippen LogP contribution is 2.31. The fourth-order valence-corrected chi connectivity index (χ4v) is 2.84. The number of carbonyl (C=O) groups is 4. The van der Waals surface area contributed by atoms with Gasteiger partial charge in [0.05, 0.1) is 19.3 Å². The molecule has 0 fully saturated rings. The predicted molar refractivity (Wildman–Crippen MR) is 117 cm³/mol. The third-order valence-corrected chi connectivity index (χ3v) is 4.15. The zero-order valence-corrected chi connectivity index (χ0v) is 19.8. The normalized spacial score (nSPS) is 13.3. The lowest BCUT2D eigenvalue weighted by Gasteiger charge is -2.28. The summed E-state index contributed by atoms with van der Waals surface area (Å²) < 4.78 is 29.5. The number of benzene rings is 1. The van der Waals surface area contributed by atoms with Gasteiger partial charge in [0.1, 0.15) is 11.6 Å². The van der Waals surface area contributed by atoms with E-state index in [1.54, 1.807) is 27.7 Å². The van der Waals surface area contributed by atoms with E-state index in [0.717, 1.165) is 0 Å². The molecule has 0 heterocycles. The highest BCUT2D eigenvalue weighted by atomic mass is 16.7. The Hall–Kier alpha value is -3.54. The molecule has 1 aromatic rings. The molecule has 1 unspecified atom stereocenters. The lowest BCUT2D eigenvalue weighted by Crippen LogP contribution is -2.52. The molecule has 0 amide bonds. The Morgan fingerprint density at radius 3 is 1.97 bits per heavy atom. The van der Waals surface area contributed by atoms with E-state index in [1.807, 2.05) is 0 Å². The minimum absolute atomic E-state index is 0.0364. The summed E-state index contributed by atoms with van der Waals surface area (Å²) in [5.41, 5.74) is 4.61. The van der Waals surface area contributed by atoms with Gasteiger partial charge in [-0.25, -0.2) is 14.4 Å². The molecule has 12 heteroatoms. The van der Waals surface area contributed by atoms with E-state index in [1.165, 1.54) is 25.1 Å². The van der Waals surface area contributed by atoms with Crippen LogP contribution in [0, 0.1) is 0 Å². The molecule has 2 atom stereocenters. The third kappa shape index (κ3) is 9.53. The number of nitrogens with two attached hydrogens (primary N) is 1. The molecule has 190 valence electrons. The zero-order valence-electron chi connectivity index (χ0n) is 19.8. The average Bonchev–Trinajstić information content (AvgIpc) is 2.69. The van der Waals surface area contributed by atoms with Crippen LogP contribution in [0.25, 0.3) is 0 Å². The molecule has 0 aromatic heterocycles. The highest BCUT2D eigenvalue weighted by molar-refractivity contribution is 5.79. The van der Waals surface area contributed by atoms with Crippen molar-refractivity contribution in [1.82, 2.24) is 0 Å². The standard InChI is InChI=1S/C22H31NO11/c1-6-29-19(26)33-16-9-8-15(10-17(16)34-20(27)30-7-2)12-22(23,18(24)25)11-14(5)32-21(28)31-13(3)4/h8-10,13-14H,6-7,11-12,23H2,1-5H3,(H,24,25)/t14-,22?/m0/s1. The Morgan fingerprint density at radius 1 is 0.912 bits per heavy atom. The smallest absolute Gasteiger partial charge is 0.480 e. The Labute approximate surface area is 197 Å². The van der Waals surface area contributed by atoms with Crippen LogP contribution in [-0.4, -0.2) is 60.5 Å². The zero-order chi connectivity index (χ0) is 25.9. The molecule has 1 rings (SSSR count). The van der Waals surface area contributed by atoms with Crippen molar-refractivity contribution >= 4 is 24.4 Å². The number of rotatable bonds is 11. The molecule has 0 spiro atoms. The first-order chi connectivity index (χ1) is 15.9. The van der Waals surface area contributed by atoms with E-state index in [2.05, 4.69) is 0 Å². The molecule has 0 aliphatic heterocycles. The van der Waals surface area contributed by atoms with Crippen molar-refractivity contribution in [3.05, 3.63) is 23.8 Å². The SMILES string of the molecule is CCOC(=O)Oc1ccc(CC(N)(C[C@H](C)OC(=O)OC(C)C)C(=O)O)cc1OC(=O)OCC. The van der Waals surface area contributed by atoms with Crippen molar-refractivity contribution in [2.45, 2.75) is 65.2 Å². The average molecular weight is 485 g/mol. The Morgan fingerprint density at radius 2 is 1.47 bits per heavy atom. The van der Waals surface area contributed by atoms with Crippen LogP contribution in [0.2, 0.25) is 0 Å². The molecule has 34 heavy (non-hydrogen) atoms. The molecule has 0 bridgehead atoms. The maximum absolute atomic E-state index is 12.0. The molecule has 0 radical (unpaired) electrons. The van der Waals surface area contributed by atoms with Gasteiger partial charge in [-0.3, -0.25) is 4.79 Å². The van der Waals surface area contributed by atoms with E-state index < -0.39 is 42.2 Å². The van der Waals surface area contributed by atoms with Gasteiger partial charge in [-0.1, -0.05) is 6.07 Å². The van der Waals surface area contributed by atoms with Crippen LogP contribution in [0.4, 0.5) is 14.4 Å². The summed E-state index contributed by atoms with van der Waals surface area (Å²) in [6, 6.07) is 4.02. The van der Waals surface area contributed by atoms with Gasteiger partial charge in [0.15, 0.2) is 11.5 Å². The van der Waals surface area contributed by atoms with Crippen LogP contribution in [0.5, 0.6) is 11.5 Å². The summed E-state index contributed by atoms with van der Waals surface area (Å²) in [4.78, 5) is 47.2. The van der Waals surface area contributed by atoms with Crippen molar-refractivity contribution in [2.75, 3.05) is 13.2 Å². The predicted octanol–water partition coefficient (Wildman–Crippen LogP) is 3.42. The number of hydrogen-bond donors (Lipinski definition) is 2. The summed E-state index contributed by atoms with van der Waals surface area (Å²) in [7, 11) is 0. The van der Waals surface area contributed by atoms with Crippen molar-refractivity contribution in [3.8, 4) is 11.5 Å². The van der Waals surface area contributed by atoms with Gasteiger partial charge in [0, 0.05) is 12.8 Å². The highest BCUT2D eigenvalue weighted by Gasteiger charge is 2.37. The number of carbonyl (C=O) groups excluding carboxylic acids is 3. The van der Waals surface area contributed by atoms with Crippen LogP contribution in [-0.2, 0) is 30.2 Å². The van der Waals surface area contributed by atoms with E-state index in [4.69, 9.17) is 34.2 Å². The minimum Gasteiger partial charge on any atom is -0.480 e. The van der Waals surface area contributed by atoms with Crippen molar-refractivity contribution in [1.29, 1.82) is 0 Å². The molecular formula is C22H31NO11. The van der Waals surface area contributed by atoms with E-state index >= 15 is 0 Å². The molecular weight excluding hydrogens is 454 g/mol. The van der Waals surface area contributed by atoms with Gasteiger partial charge >= 0.3 is 24.4 Å². The topological polar surface area (TPSA) is 170 Å². The minimum atomic E-state index is -1.86. The number of ether oxygens (including phenoxy) is 6. The summed E-state index contributed by atoms with van der Waals surface area (Å²) in [5, 5.41) is 9.75. The first-order valence-electron chi connectivity index (χ1n) is 10.6. The van der Waals surface area contributed by atoms with Crippen LogP contribution < -0.4 is 15.2 Å². The Balaban J connectivity index is 3.12. The Bertz CT molecular complexity index is 870. The first kappa shape index (κ1) is 28.5. The largest absolute Gasteiger partial charge is 0.513 e. The first-order valence-corrected chi connectivity index (χ1v) is 10.6. The monoisotopic (exact) mass is 485 g/mol. The lowest BCUT2D eigenvalue weighted by atomic mass is 9.86. The number of carboxylic acid groups (broad SMARTS) is 1. The quantitative estimate of drug-likeness (QED) is 0.266. The number of aliphatic carboxylic acids is 1. The second-order valence-corrected chi connectivity index (χ2v) is 7.54. The fraction of sp³-hybridized carbons (Fsp3) is 0.545. The third-order valence-electron chi connectivity index (χ3n) is 4.15. The second kappa shape index (κ2) is 13.2. The van der Waals surface area contributed by atoms with Gasteiger partial charge in [-0.15, -0.1) is 0 Å². The lowest BCUT2D eigenvalue weighted by molar-refractivity contribution is -0.144. The van der Waals surface area contributed by atoms with Gasteiger partial charge < -0.3 is 39.3 Å². The summed E-state index contributed by atoms with van der Waals surface area (Å²) in [5.74, 6) is -1.71. The molecule has 0 saturated carbocycles. The van der Waals surface area contributed by atoms with E-state index in [9.17, 15) is 24.3 Å². The summed E-state index contributed by atoms with van der Waals surface area (Å²) in [6.07, 6.45) is -4.80. The molecule has 0 aliphatic carbocycles. The Kier molecular flexibility index (Phi) is 11.1. The number of carboxylic acids is 1. The van der Waals surface area contributed by atoms with Gasteiger partial charge in [-0.2, -0.15) is 0 Å². The summed E-state index contributed by atoms with van der Waals surface area (Å²) in [6.45, 7) is 8.02.